The number of aryl methyl sites for hydroxylation is 2. The van der Waals surface area contributed by atoms with Crippen molar-refractivity contribution < 1.29 is 14.7 Å². The Labute approximate surface area is 119 Å². The molecule has 0 aliphatic carbocycles. The molecule has 2 amide bonds. The summed E-state index contributed by atoms with van der Waals surface area (Å²) in [5.74, 6) is -0.772. The number of unbranched alkanes of at least 4 members (excludes halogenated alkanes) is 2. The lowest BCUT2D eigenvalue weighted by molar-refractivity contribution is -0.137. The highest BCUT2D eigenvalue weighted by molar-refractivity contribution is 5.90. The second kappa shape index (κ2) is 8.19. The van der Waals surface area contributed by atoms with Crippen LogP contribution in [0.4, 0.5) is 10.5 Å². The number of hydrogen-bond donors (Lipinski definition) is 3. The Morgan fingerprint density at radius 1 is 1.10 bits per heavy atom. The van der Waals surface area contributed by atoms with Crippen molar-refractivity contribution in [3.05, 3.63) is 29.3 Å². The number of urea groups is 1. The van der Waals surface area contributed by atoms with Gasteiger partial charge in [0, 0.05) is 18.7 Å². The van der Waals surface area contributed by atoms with Crippen LogP contribution in [0.1, 0.15) is 36.8 Å². The van der Waals surface area contributed by atoms with E-state index in [1.807, 2.05) is 32.0 Å². The van der Waals surface area contributed by atoms with Gasteiger partial charge in [0.25, 0.3) is 0 Å². The Bertz CT molecular complexity index is 452. The minimum absolute atomic E-state index is 0.189. The summed E-state index contributed by atoms with van der Waals surface area (Å²) in [6, 6.07) is 5.64. The fourth-order valence-corrected chi connectivity index (χ4v) is 1.95. The molecule has 1 aromatic rings. The summed E-state index contributed by atoms with van der Waals surface area (Å²) in [4.78, 5) is 22.1. The Morgan fingerprint density at radius 2 is 1.75 bits per heavy atom. The molecule has 0 saturated heterocycles. The van der Waals surface area contributed by atoms with Gasteiger partial charge in [0.15, 0.2) is 0 Å². The van der Waals surface area contributed by atoms with Gasteiger partial charge in [-0.1, -0.05) is 24.6 Å². The zero-order chi connectivity index (χ0) is 15.0. The van der Waals surface area contributed by atoms with E-state index in [1.165, 1.54) is 0 Å². The number of nitrogens with one attached hydrogen (secondary N) is 2. The highest BCUT2D eigenvalue weighted by Crippen LogP contribution is 2.18. The van der Waals surface area contributed by atoms with Gasteiger partial charge in [-0.3, -0.25) is 4.79 Å². The zero-order valence-electron chi connectivity index (χ0n) is 12.0. The average Bonchev–Trinajstić information content (AvgIpc) is 2.38. The molecule has 5 nitrogen and oxygen atoms in total. The summed E-state index contributed by atoms with van der Waals surface area (Å²) in [6.45, 7) is 4.46. The Kier molecular flexibility index (Phi) is 6.56. The molecule has 0 unspecified atom stereocenters. The maximum Gasteiger partial charge on any atom is 0.319 e. The summed E-state index contributed by atoms with van der Waals surface area (Å²) in [5, 5.41) is 14.1. The molecule has 3 N–H and O–H groups in total. The van der Waals surface area contributed by atoms with Gasteiger partial charge in [0.1, 0.15) is 0 Å². The molecule has 0 aliphatic heterocycles. The van der Waals surface area contributed by atoms with Crippen LogP contribution in [-0.4, -0.2) is 23.7 Å². The maximum absolute atomic E-state index is 11.7. The first-order valence-electron chi connectivity index (χ1n) is 6.83. The Morgan fingerprint density at radius 3 is 2.35 bits per heavy atom. The first-order valence-corrected chi connectivity index (χ1v) is 6.83. The highest BCUT2D eigenvalue weighted by atomic mass is 16.4. The van der Waals surface area contributed by atoms with E-state index < -0.39 is 5.97 Å². The number of aliphatic carboxylic acids is 1. The van der Waals surface area contributed by atoms with E-state index in [2.05, 4.69) is 10.6 Å². The molecule has 0 aromatic heterocycles. The number of benzene rings is 1. The summed E-state index contributed by atoms with van der Waals surface area (Å²) in [6.07, 6.45) is 2.42. The first-order chi connectivity index (χ1) is 9.50. The van der Waals surface area contributed by atoms with Gasteiger partial charge in [-0.15, -0.1) is 0 Å². The van der Waals surface area contributed by atoms with Crippen molar-refractivity contribution in [2.75, 3.05) is 11.9 Å². The topological polar surface area (TPSA) is 78.4 Å². The summed E-state index contributed by atoms with van der Waals surface area (Å²) in [7, 11) is 0. The lowest BCUT2D eigenvalue weighted by Crippen LogP contribution is -2.30. The molecule has 0 radical (unpaired) electrons. The molecule has 0 saturated carbocycles. The van der Waals surface area contributed by atoms with Gasteiger partial charge >= 0.3 is 12.0 Å². The summed E-state index contributed by atoms with van der Waals surface area (Å²) in [5.41, 5.74) is 2.90. The average molecular weight is 278 g/mol. The van der Waals surface area contributed by atoms with Crippen LogP contribution >= 0.6 is 0 Å². The second-order valence-electron chi connectivity index (χ2n) is 4.85. The normalized spacial score (nSPS) is 10.1. The molecular formula is C15H22N2O3. The molecular weight excluding hydrogens is 256 g/mol. The summed E-state index contributed by atoms with van der Waals surface area (Å²) < 4.78 is 0. The number of carboxylic acid groups (broad SMARTS) is 1. The van der Waals surface area contributed by atoms with Crippen molar-refractivity contribution in [2.45, 2.75) is 39.5 Å². The van der Waals surface area contributed by atoms with Crippen molar-refractivity contribution in [3.63, 3.8) is 0 Å². The van der Waals surface area contributed by atoms with Gasteiger partial charge in [0.2, 0.25) is 0 Å². The molecule has 0 heterocycles. The Hall–Kier alpha value is -2.04. The third kappa shape index (κ3) is 5.73. The minimum Gasteiger partial charge on any atom is -0.481 e. The highest BCUT2D eigenvalue weighted by Gasteiger charge is 2.06. The van der Waals surface area contributed by atoms with E-state index in [0.717, 1.165) is 29.7 Å². The Balaban J connectivity index is 2.25. The molecule has 20 heavy (non-hydrogen) atoms. The maximum atomic E-state index is 11.7. The lowest BCUT2D eigenvalue weighted by Gasteiger charge is -2.12. The number of rotatable bonds is 7. The van der Waals surface area contributed by atoms with Gasteiger partial charge in [-0.05, 0) is 37.8 Å². The summed E-state index contributed by atoms with van der Waals surface area (Å²) >= 11 is 0. The fourth-order valence-electron chi connectivity index (χ4n) is 1.95. The van der Waals surface area contributed by atoms with Gasteiger partial charge < -0.3 is 15.7 Å². The fraction of sp³-hybridized carbons (Fsp3) is 0.467. The number of para-hydroxylation sites is 1. The van der Waals surface area contributed by atoms with Gasteiger partial charge in [-0.25, -0.2) is 4.79 Å². The van der Waals surface area contributed by atoms with E-state index in [4.69, 9.17) is 5.11 Å². The number of hydrogen-bond acceptors (Lipinski definition) is 2. The van der Waals surface area contributed by atoms with Gasteiger partial charge in [0.05, 0.1) is 0 Å². The van der Waals surface area contributed by atoms with Crippen molar-refractivity contribution in [3.8, 4) is 0 Å². The van der Waals surface area contributed by atoms with E-state index in [9.17, 15) is 9.59 Å². The van der Waals surface area contributed by atoms with Crippen LogP contribution in [0.5, 0.6) is 0 Å². The zero-order valence-corrected chi connectivity index (χ0v) is 12.0. The number of carbonyl (C=O) groups is 2. The van der Waals surface area contributed by atoms with Crippen LogP contribution in [-0.2, 0) is 4.79 Å². The van der Waals surface area contributed by atoms with E-state index >= 15 is 0 Å². The van der Waals surface area contributed by atoms with Crippen LogP contribution in [0.2, 0.25) is 0 Å². The molecule has 0 fully saturated rings. The third-order valence-corrected chi connectivity index (χ3v) is 3.07. The van der Waals surface area contributed by atoms with Crippen LogP contribution in [0.25, 0.3) is 0 Å². The molecule has 0 aliphatic rings. The predicted octanol–water partition coefficient (Wildman–Crippen LogP) is 3.07. The second-order valence-corrected chi connectivity index (χ2v) is 4.85. The predicted molar refractivity (Wildman–Crippen MR) is 79.0 cm³/mol. The van der Waals surface area contributed by atoms with Crippen LogP contribution < -0.4 is 10.6 Å². The molecule has 5 heteroatoms. The first kappa shape index (κ1) is 16.0. The van der Waals surface area contributed by atoms with Crippen molar-refractivity contribution in [1.29, 1.82) is 0 Å². The van der Waals surface area contributed by atoms with Crippen molar-refractivity contribution in [1.82, 2.24) is 5.32 Å². The van der Waals surface area contributed by atoms with Crippen LogP contribution in [0, 0.1) is 13.8 Å². The lowest BCUT2D eigenvalue weighted by atomic mass is 10.1. The number of anilines is 1. The number of amides is 2. The van der Waals surface area contributed by atoms with Gasteiger partial charge in [-0.2, -0.15) is 0 Å². The molecule has 0 spiro atoms. The smallest absolute Gasteiger partial charge is 0.319 e. The molecule has 0 atom stereocenters. The number of carbonyl (C=O) groups excluding carboxylic acids is 1. The third-order valence-electron chi connectivity index (χ3n) is 3.07. The van der Waals surface area contributed by atoms with E-state index in [0.29, 0.717) is 13.0 Å². The minimum atomic E-state index is -0.772. The quantitative estimate of drug-likeness (QED) is 0.671. The standard InChI is InChI=1S/C15H22N2O3/c1-11-7-6-8-12(2)14(11)17-15(20)16-10-5-3-4-9-13(18)19/h6-8H,3-5,9-10H2,1-2H3,(H,18,19)(H2,16,17,20). The van der Waals surface area contributed by atoms with Crippen molar-refractivity contribution >= 4 is 17.7 Å². The molecule has 110 valence electrons. The van der Waals surface area contributed by atoms with Crippen molar-refractivity contribution in [2.24, 2.45) is 0 Å². The largest absolute Gasteiger partial charge is 0.481 e. The monoisotopic (exact) mass is 278 g/mol. The molecule has 1 aromatic carbocycles. The molecule has 1 rings (SSSR count). The van der Waals surface area contributed by atoms with Crippen LogP contribution in [0.3, 0.4) is 0 Å². The SMILES string of the molecule is Cc1cccc(C)c1NC(=O)NCCCCCC(=O)O. The van der Waals surface area contributed by atoms with E-state index in [-0.39, 0.29) is 12.5 Å². The van der Waals surface area contributed by atoms with Crippen LogP contribution in [0.15, 0.2) is 18.2 Å². The van der Waals surface area contributed by atoms with E-state index in [1.54, 1.807) is 0 Å². The molecule has 0 bridgehead atoms. The number of carboxylic acids is 1.